The van der Waals surface area contributed by atoms with E-state index >= 15 is 0 Å². The number of aryl methyl sites for hydroxylation is 2. The van der Waals surface area contributed by atoms with E-state index in [-0.39, 0.29) is 10.3 Å². The van der Waals surface area contributed by atoms with Gasteiger partial charge in [0.05, 0.1) is 30.2 Å². The number of ether oxygens (including phenoxy) is 1. The Morgan fingerprint density at radius 3 is 2.72 bits per heavy atom. The Bertz CT molecular complexity index is 1040. The molecule has 0 atom stereocenters. The van der Waals surface area contributed by atoms with E-state index in [2.05, 4.69) is 21.7 Å². The molecule has 156 valence electrons. The standard InChI is InChI=1S/C19H21F3N4OS2/c1-11-15(26-17(24-11)28-12(2)25-26)6-13-4-5-14(19(20,21)22)16(7-13)29-23-8-18(3)9-27-10-18/h4-5,7,23H,6,8-10H2,1-3H3. The Balaban J connectivity index is 1.59. The van der Waals surface area contributed by atoms with Gasteiger partial charge in [-0.2, -0.15) is 18.3 Å². The van der Waals surface area contributed by atoms with Crippen molar-refractivity contribution in [3.63, 3.8) is 0 Å². The normalized spacial score (nSPS) is 16.3. The van der Waals surface area contributed by atoms with E-state index in [9.17, 15) is 13.2 Å². The topological polar surface area (TPSA) is 51.5 Å². The van der Waals surface area contributed by atoms with Gasteiger partial charge in [0, 0.05) is 23.3 Å². The predicted molar refractivity (Wildman–Crippen MR) is 107 cm³/mol. The summed E-state index contributed by atoms with van der Waals surface area (Å²) in [6.07, 6.45) is -3.94. The molecular formula is C19H21F3N4OS2. The number of nitrogens with one attached hydrogen (secondary N) is 1. The first kappa shape index (κ1) is 20.6. The molecular weight excluding hydrogens is 421 g/mol. The number of benzene rings is 1. The fourth-order valence-corrected chi connectivity index (χ4v) is 5.11. The van der Waals surface area contributed by atoms with Crippen LogP contribution < -0.4 is 4.72 Å². The van der Waals surface area contributed by atoms with Gasteiger partial charge in [0.15, 0.2) is 0 Å². The van der Waals surface area contributed by atoms with Crippen molar-refractivity contribution in [2.45, 2.75) is 38.3 Å². The zero-order valence-electron chi connectivity index (χ0n) is 16.3. The first-order valence-corrected chi connectivity index (χ1v) is 10.8. The minimum atomic E-state index is -4.40. The molecule has 0 bridgehead atoms. The van der Waals surface area contributed by atoms with Crippen LogP contribution in [0, 0.1) is 19.3 Å². The molecule has 0 radical (unpaired) electrons. The van der Waals surface area contributed by atoms with Gasteiger partial charge in [-0.1, -0.05) is 24.3 Å². The fourth-order valence-electron chi connectivity index (χ4n) is 3.22. The van der Waals surface area contributed by atoms with Crippen LogP contribution in [0.3, 0.4) is 0 Å². The number of rotatable bonds is 6. The zero-order chi connectivity index (χ0) is 20.8. The summed E-state index contributed by atoms with van der Waals surface area (Å²) >= 11 is 2.52. The molecule has 5 nitrogen and oxygen atoms in total. The van der Waals surface area contributed by atoms with Crippen LogP contribution in [0.4, 0.5) is 13.2 Å². The van der Waals surface area contributed by atoms with Crippen molar-refractivity contribution in [1.82, 2.24) is 19.3 Å². The lowest BCUT2D eigenvalue weighted by molar-refractivity contribution is -0.139. The van der Waals surface area contributed by atoms with Crippen molar-refractivity contribution in [3.8, 4) is 0 Å². The molecule has 3 aromatic rings. The summed E-state index contributed by atoms with van der Waals surface area (Å²) in [5.41, 5.74) is 1.87. The third-order valence-corrected chi connectivity index (χ3v) is 6.57. The maximum absolute atomic E-state index is 13.5. The number of imidazole rings is 1. The lowest BCUT2D eigenvalue weighted by Gasteiger charge is -2.38. The Kier molecular flexibility index (Phi) is 5.39. The largest absolute Gasteiger partial charge is 0.417 e. The molecule has 1 fully saturated rings. The highest BCUT2D eigenvalue weighted by atomic mass is 32.2. The lowest BCUT2D eigenvalue weighted by atomic mass is 9.89. The zero-order valence-corrected chi connectivity index (χ0v) is 17.9. The Morgan fingerprint density at radius 1 is 1.31 bits per heavy atom. The van der Waals surface area contributed by atoms with Gasteiger partial charge in [-0.25, -0.2) is 9.50 Å². The maximum atomic E-state index is 13.5. The highest BCUT2D eigenvalue weighted by Gasteiger charge is 2.35. The number of halogens is 3. The summed E-state index contributed by atoms with van der Waals surface area (Å²) in [6.45, 7) is 7.68. The van der Waals surface area contributed by atoms with Crippen LogP contribution in [0.15, 0.2) is 23.1 Å². The molecule has 3 heterocycles. The monoisotopic (exact) mass is 442 g/mol. The highest BCUT2D eigenvalue weighted by Crippen LogP contribution is 2.37. The van der Waals surface area contributed by atoms with Crippen molar-refractivity contribution in [2.24, 2.45) is 5.41 Å². The molecule has 4 rings (SSSR count). The van der Waals surface area contributed by atoms with Crippen LogP contribution in [0.1, 0.15) is 34.4 Å². The molecule has 1 aliphatic rings. The summed E-state index contributed by atoms with van der Waals surface area (Å²) in [7, 11) is 0. The SMILES string of the molecule is Cc1nn2c(Cc3ccc(C(F)(F)F)c(SNCC4(C)COC4)c3)c(C)nc2s1. The van der Waals surface area contributed by atoms with Gasteiger partial charge in [-0.15, -0.1) is 0 Å². The fraction of sp³-hybridized carbons (Fsp3) is 0.474. The van der Waals surface area contributed by atoms with Gasteiger partial charge in [0.1, 0.15) is 5.01 Å². The van der Waals surface area contributed by atoms with Crippen molar-refractivity contribution in [1.29, 1.82) is 0 Å². The molecule has 10 heteroatoms. The van der Waals surface area contributed by atoms with E-state index in [1.54, 1.807) is 10.6 Å². The summed E-state index contributed by atoms with van der Waals surface area (Å²) in [5, 5.41) is 5.36. The number of hydrogen-bond donors (Lipinski definition) is 1. The average Bonchev–Trinajstić information content (AvgIpc) is 3.09. The molecule has 0 amide bonds. The van der Waals surface area contributed by atoms with Gasteiger partial charge in [0.2, 0.25) is 4.96 Å². The Labute approximate surface area is 174 Å². The van der Waals surface area contributed by atoms with Gasteiger partial charge >= 0.3 is 6.18 Å². The molecule has 0 aliphatic carbocycles. The van der Waals surface area contributed by atoms with Crippen LogP contribution in [0.2, 0.25) is 0 Å². The predicted octanol–water partition coefficient (Wildman–Crippen LogP) is 4.65. The summed E-state index contributed by atoms with van der Waals surface area (Å²) < 4.78 is 50.5. The molecule has 2 aromatic heterocycles. The molecule has 1 aromatic carbocycles. The van der Waals surface area contributed by atoms with E-state index in [0.717, 1.165) is 44.9 Å². The van der Waals surface area contributed by atoms with E-state index in [4.69, 9.17) is 4.74 Å². The molecule has 1 aliphatic heterocycles. The van der Waals surface area contributed by atoms with Crippen molar-refractivity contribution >= 4 is 28.2 Å². The first-order valence-electron chi connectivity index (χ1n) is 9.14. The third-order valence-electron chi connectivity index (χ3n) is 4.90. The van der Waals surface area contributed by atoms with Crippen LogP contribution in [-0.2, 0) is 17.3 Å². The minimum Gasteiger partial charge on any atom is -0.380 e. The molecule has 1 saturated heterocycles. The molecule has 0 saturated carbocycles. The van der Waals surface area contributed by atoms with Crippen molar-refractivity contribution in [3.05, 3.63) is 45.7 Å². The lowest BCUT2D eigenvalue weighted by Crippen LogP contribution is -2.46. The van der Waals surface area contributed by atoms with Crippen LogP contribution in [0.5, 0.6) is 0 Å². The summed E-state index contributed by atoms with van der Waals surface area (Å²) in [6, 6.07) is 4.30. The number of hydrogen-bond acceptors (Lipinski definition) is 6. The summed E-state index contributed by atoms with van der Waals surface area (Å²) in [4.78, 5) is 5.48. The first-order chi connectivity index (χ1) is 13.6. The third kappa shape index (κ3) is 4.30. The number of fused-ring (bicyclic) bond motifs is 1. The van der Waals surface area contributed by atoms with Crippen LogP contribution in [-0.4, -0.2) is 34.4 Å². The van der Waals surface area contributed by atoms with Crippen LogP contribution >= 0.6 is 23.3 Å². The second kappa shape index (κ2) is 7.57. The minimum absolute atomic E-state index is 0.0220. The van der Waals surface area contributed by atoms with Gasteiger partial charge in [-0.05, 0) is 43.5 Å². The Hall–Kier alpha value is -1.62. The van der Waals surface area contributed by atoms with E-state index in [0.29, 0.717) is 26.2 Å². The quantitative estimate of drug-likeness (QED) is 0.563. The van der Waals surface area contributed by atoms with Gasteiger partial charge in [0.25, 0.3) is 0 Å². The smallest absolute Gasteiger partial charge is 0.380 e. The summed E-state index contributed by atoms with van der Waals surface area (Å²) in [5.74, 6) is 0. The van der Waals surface area contributed by atoms with Crippen LogP contribution in [0.25, 0.3) is 4.96 Å². The highest BCUT2D eigenvalue weighted by molar-refractivity contribution is 7.97. The maximum Gasteiger partial charge on any atom is 0.417 e. The number of aromatic nitrogens is 3. The Morgan fingerprint density at radius 2 is 2.07 bits per heavy atom. The average molecular weight is 443 g/mol. The van der Waals surface area contributed by atoms with Crippen molar-refractivity contribution < 1.29 is 17.9 Å². The van der Waals surface area contributed by atoms with Gasteiger partial charge in [-0.3, -0.25) is 4.72 Å². The van der Waals surface area contributed by atoms with E-state index in [1.807, 2.05) is 13.8 Å². The van der Waals surface area contributed by atoms with E-state index in [1.165, 1.54) is 17.4 Å². The molecule has 0 spiro atoms. The molecule has 1 N–H and O–H groups in total. The van der Waals surface area contributed by atoms with E-state index < -0.39 is 11.7 Å². The van der Waals surface area contributed by atoms with Crippen molar-refractivity contribution in [2.75, 3.05) is 19.8 Å². The van der Waals surface area contributed by atoms with Gasteiger partial charge < -0.3 is 4.74 Å². The number of alkyl halides is 3. The second-order valence-corrected chi connectivity index (χ2v) is 9.78. The second-order valence-electron chi connectivity index (χ2n) is 7.69. The molecule has 29 heavy (non-hydrogen) atoms. The molecule has 0 unspecified atom stereocenters. The number of nitrogens with zero attached hydrogens (tertiary/aromatic N) is 3.